The molecule has 0 N–H and O–H groups in total. The lowest BCUT2D eigenvalue weighted by Crippen LogP contribution is -2.31. The highest BCUT2D eigenvalue weighted by Crippen LogP contribution is 2.22. The van der Waals surface area contributed by atoms with E-state index in [0.717, 1.165) is 61.3 Å². The van der Waals surface area contributed by atoms with Gasteiger partial charge in [-0.05, 0) is 50.7 Å². The smallest absolute Gasteiger partial charge is 0.422 e. The van der Waals surface area contributed by atoms with Crippen molar-refractivity contribution >= 4 is 5.95 Å². The maximum absolute atomic E-state index is 12.4. The predicted molar refractivity (Wildman–Crippen MR) is 127 cm³/mol. The number of pyridine rings is 1. The van der Waals surface area contributed by atoms with Gasteiger partial charge in [-0.2, -0.15) is 18.3 Å². The fourth-order valence-electron chi connectivity index (χ4n) is 4.36. The predicted octanol–water partition coefficient (Wildman–Crippen LogP) is 3.58. The summed E-state index contributed by atoms with van der Waals surface area (Å²) in [6.07, 6.45) is -0.213. The molecule has 1 fully saturated rings. The number of hydrogen-bond acceptors (Lipinski definition) is 7. The number of nitrogens with zero attached hydrogens (tertiary/aromatic N) is 7. The molecule has 0 saturated carbocycles. The van der Waals surface area contributed by atoms with Gasteiger partial charge in [-0.3, -0.25) is 9.25 Å². The number of halogens is 3. The molecular weight excluding hydrogens is 475 g/mol. The van der Waals surface area contributed by atoms with Gasteiger partial charge in [0.2, 0.25) is 11.8 Å². The number of ether oxygens (including phenoxy) is 2. The first kappa shape index (κ1) is 25.9. The van der Waals surface area contributed by atoms with E-state index in [-0.39, 0.29) is 5.88 Å². The Hall–Kier alpha value is -3.15. The van der Waals surface area contributed by atoms with Crippen LogP contribution in [0.1, 0.15) is 35.6 Å². The molecule has 36 heavy (non-hydrogen) atoms. The van der Waals surface area contributed by atoms with Gasteiger partial charge in [0.05, 0.1) is 5.69 Å². The number of rotatable bonds is 10. The summed E-state index contributed by atoms with van der Waals surface area (Å²) in [5.74, 6) is 2.04. The standard InChI is InChI=1S/C24H32F3N7O2/c1-17-12-18(2)34(31-17)15-21-29-30-23(32(3)14-20-7-10-35-11-8-20)33(21)9-6-19-4-5-22(28-13-19)36-16-24(25,26)27/h4-5,12-13,20H,6-11,14-16H2,1-3H3. The van der Waals surface area contributed by atoms with Crippen LogP contribution in [0.15, 0.2) is 24.4 Å². The van der Waals surface area contributed by atoms with Crippen molar-refractivity contribution in [2.24, 2.45) is 5.92 Å². The van der Waals surface area contributed by atoms with Crippen LogP contribution in [0.25, 0.3) is 0 Å². The van der Waals surface area contributed by atoms with E-state index in [1.807, 2.05) is 31.6 Å². The molecule has 1 saturated heterocycles. The number of anilines is 1. The zero-order chi connectivity index (χ0) is 25.7. The third kappa shape index (κ3) is 6.96. The first-order chi connectivity index (χ1) is 17.2. The number of aromatic nitrogens is 6. The second kappa shape index (κ2) is 11.3. The molecule has 3 aromatic heterocycles. The minimum Gasteiger partial charge on any atom is -0.468 e. The number of hydrogen-bond donors (Lipinski definition) is 0. The van der Waals surface area contributed by atoms with E-state index in [0.29, 0.717) is 25.4 Å². The van der Waals surface area contributed by atoms with E-state index in [2.05, 4.69) is 29.7 Å². The van der Waals surface area contributed by atoms with Gasteiger partial charge in [0.25, 0.3) is 0 Å². The molecule has 3 aromatic rings. The molecule has 0 aliphatic carbocycles. The summed E-state index contributed by atoms with van der Waals surface area (Å²) in [5, 5.41) is 13.6. The minimum atomic E-state index is -4.40. The van der Waals surface area contributed by atoms with Crippen LogP contribution in [-0.2, 0) is 24.2 Å². The lowest BCUT2D eigenvalue weighted by atomic mass is 10.00. The normalized spacial score (nSPS) is 14.8. The van der Waals surface area contributed by atoms with Crippen LogP contribution in [0.3, 0.4) is 0 Å². The Bertz CT molecular complexity index is 1120. The summed E-state index contributed by atoms with van der Waals surface area (Å²) in [5.41, 5.74) is 2.85. The van der Waals surface area contributed by atoms with Gasteiger partial charge in [0.1, 0.15) is 6.54 Å². The highest BCUT2D eigenvalue weighted by Gasteiger charge is 2.28. The van der Waals surface area contributed by atoms with Crippen LogP contribution < -0.4 is 9.64 Å². The molecule has 0 unspecified atom stereocenters. The highest BCUT2D eigenvalue weighted by molar-refractivity contribution is 5.30. The molecule has 4 rings (SSSR count). The zero-order valence-corrected chi connectivity index (χ0v) is 20.8. The van der Waals surface area contributed by atoms with Gasteiger partial charge in [-0.25, -0.2) is 4.98 Å². The lowest BCUT2D eigenvalue weighted by molar-refractivity contribution is -0.154. The number of aryl methyl sites for hydroxylation is 3. The second-order valence-corrected chi connectivity index (χ2v) is 9.25. The molecule has 0 spiro atoms. The molecule has 4 heterocycles. The Morgan fingerprint density at radius 1 is 1.17 bits per heavy atom. The maximum Gasteiger partial charge on any atom is 0.422 e. The second-order valence-electron chi connectivity index (χ2n) is 9.25. The molecule has 0 bridgehead atoms. The third-order valence-electron chi connectivity index (χ3n) is 6.22. The monoisotopic (exact) mass is 507 g/mol. The van der Waals surface area contributed by atoms with E-state index in [1.54, 1.807) is 12.3 Å². The van der Waals surface area contributed by atoms with E-state index in [9.17, 15) is 13.2 Å². The van der Waals surface area contributed by atoms with Crippen LogP contribution in [0.4, 0.5) is 19.1 Å². The average molecular weight is 508 g/mol. The molecule has 1 aliphatic heterocycles. The SMILES string of the molecule is Cc1cc(C)n(Cc2nnc(N(C)CC3CCOCC3)n2CCc2ccc(OCC(F)(F)F)nc2)n1. The first-order valence-corrected chi connectivity index (χ1v) is 12.0. The maximum atomic E-state index is 12.4. The Labute approximate surface area is 208 Å². The third-order valence-corrected chi connectivity index (χ3v) is 6.22. The summed E-state index contributed by atoms with van der Waals surface area (Å²) < 4.78 is 51.4. The van der Waals surface area contributed by atoms with Gasteiger partial charge in [0, 0.05) is 51.3 Å². The summed E-state index contributed by atoms with van der Waals surface area (Å²) >= 11 is 0. The van der Waals surface area contributed by atoms with Crippen molar-refractivity contribution in [3.63, 3.8) is 0 Å². The van der Waals surface area contributed by atoms with Gasteiger partial charge in [-0.15, -0.1) is 10.2 Å². The molecular formula is C24H32F3N7O2. The topological polar surface area (TPSA) is 83.1 Å². The lowest BCUT2D eigenvalue weighted by Gasteiger charge is -2.28. The van der Waals surface area contributed by atoms with Crippen molar-refractivity contribution in [2.45, 2.75) is 52.4 Å². The molecule has 0 aromatic carbocycles. The largest absolute Gasteiger partial charge is 0.468 e. The van der Waals surface area contributed by atoms with Crippen LogP contribution >= 0.6 is 0 Å². The number of alkyl halides is 3. The molecule has 0 atom stereocenters. The van der Waals surface area contributed by atoms with E-state index in [1.165, 1.54) is 6.07 Å². The summed E-state index contributed by atoms with van der Waals surface area (Å²) in [4.78, 5) is 6.16. The fourth-order valence-corrected chi connectivity index (χ4v) is 4.36. The van der Waals surface area contributed by atoms with Crippen molar-refractivity contribution < 1.29 is 22.6 Å². The highest BCUT2D eigenvalue weighted by atomic mass is 19.4. The average Bonchev–Trinajstić information content (AvgIpc) is 3.39. The summed E-state index contributed by atoms with van der Waals surface area (Å²) in [7, 11) is 2.03. The van der Waals surface area contributed by atoms with Gasteiger partial charge in [-0.1, -0.05) is 6.07 Å². The van der Waals surface area contributed by atoms with Crippen LogP contribution in [0.5, 0.6) is 5.88 Å². The Morgan fingerprint density at radius 3 is 2.58 bits per heavy atom. The van der Waals surface area contributed by atoms with Gasteiger partial charge >= 0.3 is 6.18 Å². The van der Waals surface area contributed by atoms with E-state index in [4.69, 9.17) is 9.47 Å². The minimum absolute atomic E-state index is 0.0533. The van der Waals surface area contributed by atoms with Gasteiger partial charge in [0.15, 0.2) is 12.4 Å². The van der Waals surface area contributed by atoms with Crippen molar-refractivity contribution in [1.29, 1.82) is 0 Å². The van der Waals surface area contributed by atoms with Crippen LogP contribution in [-0.4, -0.2) is 69.1 Å². The van der Waals surface area contributed by atoms with E-state index >= 15 is 0 Å². The molecule has 9 nitrogen and oxygen atoms in total. The molecule has 1 aliphatic rings. The van der Waals surface area contributed by atoms with Crippen molar-refractivity contribution in [3.05, 3.63) is 47.2 Å². The fraction of sp³-hybridized carbons (Fsp3) is 0.583. The zero-order valence-electron chi connectivity index (χ0n) is 20.8. The van der Waals surface area contributed by atoms with Crippen molar-refractivity contribution in [3.8, 4) is 5.88 Å². The van der Waals surface area contributed by atoms with Crippen LogP contribution in [0, 0.1) is 19.8 Å². The Balaban J connectivity index is 1.49. The Kier molecular flexibility index (Phi) is 8.12. The summed E-state index contributed by atoms with van der Waals surface area (Å²) in [6.45, 7) is 6.09. The summed E-state index contributed by atoms with van der Waals surface area (Å²) in [6, 6.07) is 5.21. The van der Waals surface area contributed by atoms with Crippen molar-refractivity contribution in [2.75, 3.05) is 38.3 Å². The molecule has 12 heteroatoms. The molecule has 0 amide bonds. The molecule has 0 radical (unpaired) electrons. The quantitative estimate of drug-likeness (QED) is 0.415. The van der Waals surface area contributed by atoms with Gasteiger partial charge < -0.3 is 14.4 Å². The molecule has 196 valence electrons. The van der Waals surface area contributed by atoms with Crippen LogP contribution in [0.2, 0.25) is 0 Å². The Morgan fingerprint density at radius 2 is 1.94 bits per heavy atom. The van der Waals surface area contributed by atoms with Crippen molar-refractivity contribution in [1.82, 2.24) is 29.5 Å². The van der Waals surface area contributed by atoms with E-state index < -0.39 is 12.8 Å². The first-order valence-electron chi connectivity index (χ1n) is 12.0.